The van der Waals surface area contributed by atoms with Crippen molar-refractivity contribution in [1.29, 1.82) is 0 Å². The fourth-order valence-corrected chi connectivity index (χ4v) is 3.32. The van der Waals surface area contributed by atoms with Gasteiger partial charge in [-0.25, -0.2) is 0 Å². The van der Waals surface area contributed by atoms with Crippen molar-refractivity contribution in [2.24, 2.45) is 11.3 Å². The zero-order valence-corrected chi connectivity index (χ0v) is 12.5. The monoisotopic (exact) mass is 261 g/mol. The van der Waals surface area contributed by atoms with Gasteiger partial charge in [0.2, 0.25) is 0 Å². The number of aliphatic hydroxyl groups is 1. The molecule has 1 aliphatic carbocycles. The van der Waals surface area contributed by atoms with Gasteiger partial charge in [0.05, 0.1) is 5.60 Å². The topological polar surface area (TPSA) is 33.1 Å². The molecule has 2 nitrogen and oxygen atoms in total. The first-order chi connectivity index (χ1) is 8.89. The van der Waals surface area contributed by atoms with Gasteiger partial charge in [-0.1, -0.05) is 33.3 Å². The van der Waals surface area contributed by atoms with Gasteiger partial charge in [-0.2, -0.15) is 0 Å². The molecule has 0 aliphatic heterocycles. The standard InChI is InChI=1S/C17H27NO/c1-16(2,3)15-7-4-9-17(19,10-8-15)12-14-6-5-11-18-13-14/h5-6,11,13,15,19H,4,7-10,12H2,1-3H3. The Labute approximate surface area is 117 Å². The third kappa shape index (κ3) is 4.04. The molecule has 106 valence electrons. The Morgan fingerprint density at radius 3 is 2.74 bits per heavy atom. The Morgan fingerprint density at radius 2 is 2.11 bits per heavy atom. The van der Waals surface area contributed by atoms with Crippen LogP contribution in [0.15, 0.2) is 24.5 Å². The predicted molar refractivity (Wildman–Crippen MR) is 78.9 cm³/mol. The fraction of sp³-hybridized carbons (Fsp3) is 0.706. The lowest BCUT2D eigenvalue weighted by Crippen LogP contribution is -2.31. The minimum absolute atomic E-state index is 0.361. The summed E-state index contributed by atoms with van der Waals surface area (Å²) in [6.45, 7) is 6.97. The van der Waals surface area contributed by atoms with Crippen molar-refractivity contribution in [2.45, 2.75) is 64.9 Å². The Balaban J connectivity index is 2.01. The van der Waals surface area contributed by atoms with Crippen molar-refractivity contribution in [3.63, 3.8) is 0 Å². The molecule has 0 bridgehead atoms. The lowest BCUT2D eigenvalue weighted by atomic mass is 9.76. The molecule has 19 heavy (non-hydrogen) atoms. The molecule has 2 unspecified atom stereocenters. The zero-order chi connectivity index (χ0) is 13.9. The maximum absolute atomic E-state index is 10.9. The second-order valence-electron chi connectivity index (χ2n) is 7.26. The van der Waals surface area contributed by atoms with E-state index >= 15 is 0 Å². The number of aromatic nitrogens is 1. The molecule has 1 aromatic heterocycles. The Kier molecular flexibility index (Phi) is 4.29. The average Bonchev–Trinajstić information content (AvgIpc) is 2.52. The van der Waals surface area contributed by atoms with Gasteiger partial charge in [0.15, 0.2) is 0 Å². The summed E-state index contributed by atoms with van der Waals surface area (Å²) in [5.41, 5.74) is 0.988. The summed E-state index contributed by atoms with van der Waals surface area (Å²) in [7, 11) is 0. The van der Waals surface area contributed by atoms with Crippen LogP contribution < -0.4 is 0 Å². The van der Waals surface area contributed by atoms with Gasteiger partial charge >= 0.3 is 0 Å². The van der Waals surface area contributed by atoms with Crippen LogP contribution in [0.1, 0.15) is 58.4 Å². The van der Waals surface area contributed by atoms with Crippen molar-refractivity contribution in [2.75, 3.05) is 0 Å². The van der Waals surface area contributed by atoms with Gasteiger partial charge in [-0.3, -0.25) is 4.98 Å². The molecule has 0 aromatic carbocycles. The molecular weight excluding hydrogens is 234 g/mol. The van der Waals surface area contributed by atoms with Crippen LogP contribution in [-0.2, 0) is 6.42 Å². The molecule has 1 N–H and O–H groups in total. The lowest BCUT2D eigenvalue weighted by Gasteiger charge is -2.31. The van der Waals surface area contributed by atoms with Crippen LogP contribution >= 0.6 is 0 Å². The first-order valence-electron chi connectivity index (χ1n) is 7.50. The molecule has 2 heteroatoms. The highest BCUT2D eigenvalue weighted by atomic mass is 16.3. The van der Waals surface area contributed by atoms with Crippen LogP contribution in [0.2, 0.25) is 0 Å². The van der Waals surface area contributed by atoms with E-state index in [-0.39, 0.29) is 0 Å². The molecule has 0 radical (unpaired) electrons. The Hall–Kier alpha value is -0.890. The van der Waals surface area contributed by atoms with E-state index in [1.165, 1.54) is 6.42 Å². The number of nitrogens with zero attached hydrogens (tertiary/aromatic N) is 1. The SMILES string of the molecule is CC(C)(C)C1CCCC(O)(Cc2cccnc2)CC1. The molecule has 1 aromatic rings. The normalized spacial score (nSPS) is 28.9. The molecule has 1 aliphatic rings. The lowest BCUT2D eigenvalue weighted by molar-refractivity contribution is 0.0225. The molecular formula is C17H27NO. The van der Waals surface area contributed by atoms with Crippen LogP contribution in [0.5, 0.6) is 0 Å². The van der Waals surface area contributed by atoms with Gasteiger partial charge in [0.25, 0.3) is 0 Å². The number of rotatable bonds is 2. The first kappa shape index (κ1) is 14.5. The van der Waals surface area contributed by atoms with Crippen LogP contribution in [-0.4, -0.2) is 15.7 Å². The predicted octanol–water partition coefficient (Wildman–Crippen LogP) is 3.98. The van der Waals surface area contributed by atoms with Crippen LogP contribution in [0.4, 0.5) is 0 Å². The quantitative estimate of drug-likeness (QED) is 0.817. The molecule has 0 spiro atoms. The molecule has 1 heterocycles. The van der Waals surface area contributed by atoms with Crippen molar-refractivity contribution < 1.29 is 5.11 Å². The highest BCUT2D eigenvalue weighted by Gasteiger charge is 2.34. The molecule has 1 saturated carbocycles. The summed E-state index contributed by atoms with van der Waals surface area (Å²) >= 11 is 0. The summed E-state index contributed by atoms with van der Waals surface area (Å²) in [6, 6.07) is 4.02. The van der Waals surface area contributed by atoms with E-state index in [1.807, 2.05) is 12.3 Å². The molecule has 0 amide bonds. The van der Waals surface area contributed by atoms with E-state index < -0.39 is 5.60 Å². The number of hydrogen-bond donors (Lipinski definition) is 1. The summed E-state index contributed by atoms with van der Waals surface area (Å²) in [5.74, 6) is 0.732. The fourth-order valence-electron chi connectivity index (χ4n) is 3.32. The Bertz CT molecular complexity index is 395. The Morgan fingerprint density at radius 1 is 1.32 bits per heavy atom. The van der Waals surface area contributed by atoms with Gasteiger partial charge in [-0.05, 0) is 48.6 Å². The van der Waals surface area contributed by atoms with Crippen molar-refractivity contribution in [3.8, 4) is 0 Å². The molecule has 0 saturated heterocycles. The maximum Gasteiger partial charge on any atom is 0.0688 e. The number of pyridine rings is 1. The van der Waals surface area contributed by atoms with Crippen molar-refractivity contribution in [1.82, 2.24) is 4.98 Å². The highest BCUT2D eigenvalue weighted by Crippen LogP contribution is 2.40. The van der Waals surface area contributed by atoms with E-state index in [2.05, 4.69) is 31.8 Å². The van der Waals surface area contributed by atoms with Gasteiger partial charge in [0, 0.05) is 18.8 Å². The van der Waals surface area contributed by atoms with E-state index in [0.29, 0.717) is 5.41 Å². The third-order valence-corrected chi connectivity index (χ3v) is 4.63. The molecule has 2 atom stereocenters. The van der Waals surface area contributed by atoms with Crippen LogP contribution in [0.25, 0.3) is 0 Å². The highest BCUT2D eigenvalue weighted by molar-refractivity contribution is 5.12. The second kappa shape index (κ2) is 5.62. The zero-order valence-electron chi connectivity index (χ0n) is 12.5. The minimum Gasteiger partial charge on any atom is -0.390 e. The minimum atomic E-state index is -0.525. The summed E-state index contributed by atoms with van der Waals surface area (Å²) in [5, 5.41) is 10.9. The summed E-state index contributed by atoms with van der Waals surface area (Å²) in [4.78, 5) is 4.15. The van der Waals surface area contributed by atoms with Gasteiger partial charge in [0.1, 0.15) is 0 Å². The summed E-state index contributed by atoms with van der Waals surface area (Å²) < 4.78 is 0. The largest absolute Gasteiger partial charge is 0.390 e. The van der Waals surface area contributed by atoms with Crippen LogP contribution in [0, 0.1) is 11.3 Å². The van der Waals surface area contributed by atoms with E-state index in [0.717, 1.165) is 43.6 Å². The number of hydrogen-bond acceptors (Lipinski definition) is 2. The smallest absolute Gasteiger partial charge is 0.0688 e. The van der Waals surface area contributed by atoms with Crippen molar-refractivity contribution >= 4 is 0 Å². The molecule has 2 rings (SSSR count). The first-order valence-corrected chi connectivity index (χ1v) is 7.50. The van der Waals surface area contributed by atoms with E-state index in [9.17, 15) is 5.11 Å². The van der Waals surface area contributed by atoms with E-state index in [4.69, 9.17) is 0 Å². The van der Waals surface area contributed by atoms with Gasteiger partial charge in [-0.15, -0.1) is 0 Å². The molecule has 1 fully saturated rings. The van der Waals surface area contributed by atoms with Crippen LogP contribution in [0.3, 0.4) is 0 Å². The van der Waals surface area contributed by atoms with Crippen molar-refractivity contribution in [3.05, 3.63) is 30.1 Å². The third-order valence-electron chi connectivity index (χ3n) is 4.63. The van der Waals surface area contributed by atoms with Gasteiger partial charge < -0.3 is 5.11 Å². The van der Waals surface area contributed by atoms with E-state index in [1.54, 1.807) is 6.20 Å². The maximum atomic E-state index is 10.9. The average molecular weight is 261 g/mol. The summed E-state index contributed by atoms with van der Waals surface area (Å²) in [6.07, 6.45) is 9.79. The second-order valence-corrected chi connectivity index (χ2v) is 7.26.